The fraction of sp³-hybridized carbons (Fsp3) is 0.238. The average molecular weight is 601 g/mol. The van der Waals surface area contributed by atoms with Crippen LogP contribution >= 0.6 is 23.2 Å². The van der Waals surface area contributed by atoms with Crippen molar-refractivity contribution < 1.29 is 45.4 Å². The second-order valence-corrected chi connectivity index (χ2v) is 8.28. The molecule has 210 valence electrons. The van der Waals surface area contributed by atoms with Gasteiger partial charge in [0.2, 0.25) is 5.88 Å². The zero-order valence-corrected chi connectivity index (χ0v) is 21.1. The molecule has 1 unspecified atom stereocenters. The number of rotatable bonds is 9. The molecule has 0 saturated carbocycles. The van der Waals surface area contributed by atoms with Crippen LogP contribution in [0.1, 0.15) is 26.4 Å². The Morgan fingerprint density at radius 1 is 1.10 bits per heavy atom. The van der Waals surface area contributed by atoms with Crippen LogP contribution in [0.25, 0.3) is 5.82 Å². The van der Waals surface area contributed by atoms with Gasteiger partial charge >= 0.3 is 18.8 Å². The number of carbonyl (C=O) groups is 2. The van der Waals surface area contributed by atoms with E-state index in [1.807, 2.05) is 0 Å². The predicted molar refractivity (Wildman–Crippen MR) is 125 cm³/mol. The first-order chi connectivity index (χ1) is 18.1. The van der Waals surface area contributed by atoms with E-state index in [-0.39, 0.29) is 27.1 Å². The molecule has 18 heteroatoms. The molecular weight excluding hydrogens is 585 g/mol. The predicted octanol–water partition coefficient (Wildman–Crippen LogP) is 4.80. The minimum atomic E-state index is -5.74. The SMILES string of the molecule is CNNC(=O)c1cc(Cl)cc(C)c1NC(=O)c1cc(OC(F)(F)C(F)OC(F)(F)F)nn1-c1ncccc1Cl. The summed E-state index contributed by atoms with van der Waals surface area (Å²) in [6.07, 6.45) is -14.0. The third kappa shape index (κ3) is 7.29. The Bertz CT molecular complexity index is 1390. The molecule has 0 fully saturated rings. The molecule has 39 heavy (non-hydrogen) atoms. The Balaban J connectivity index is 2.05. The van der Waals surface area contributed by atoms with Crippen molar-refractivity contribution in [1.29, 1.82) is 0 Å². The van der Waals surface area contributed by atoms with E-state index in [1.165, 1.54) is 44.4 Å². The van der Waals surface area contributed by atoms with Gasteiger partial charge in [-0.15, -0.1) is 18.3 Å². The van der Waals surface area contributed by atoms with Gasteiger partial charge in [0, 0.05) is 24.3 Å². The number of aromatic nitrogens is 3. The van der Waals surface area contributed by atoms with Crippen molar-refractivity contribution in [1.82, 2.24) is 25.6 Å². The van der Waals surface area contributed by atoms with Crippen molar-refractivity contribution >= 4 is 40.7 Å². The summed E-state index contributed by atoms with van der Waals surface area (Å²) in [7, 11) is 1.40. The number of anilines is 1. The number of carbonyl (C=O) groups excluding carboxylic acids is 2. The number of halogens is 8. The van der Waals surface area contributed by atoms with Crippen LogP contribution in [-0.4, -0.2) is 52.5 Å². The molecule has 2 amide bonds. The molecule has 2 aromatic heterocycles. The molecule has 0 aliphatic carbocycles. The third-order valence-corrected chi connectivity index (χ3v) is 5.14. The van der Waals surface area contributed by atoms with Gasteiger partial charge in [-0.05, 0) is 36.8 Å². The summed E-state index contributed by atoms with van der Waals surface area (Å²) in [4.78, 5) is 29.7. The highest BCUT2D eigenvalue weighted by atomic mass is 35.5. The first kappa shape index (κ1) is 29.9. The van der Waals surface area contributed by atoms with Crippen LogP contribution in [0.5, 0.6) is 5.88 Å². The lowest BCUT2D eigenvalue weighted by molar-refractivity contribution is -0.411. The maximum Gasteiger partial charge on any atom is 0.525 e. The molecule has 0 radical (unpaired) electrons. The topological polar surface area (TPSA) is 119 Å². The van der Waals surface area contributed by atoms with Crippen LogP contribution < -0.4 is 20.9 Å². The zero-order valence-electron chi connectivity index (χ0n) is 19.5. The largest absolute Gasteiger partial charge is 0.525 e. The molecule has 0 saturated heterocycles. The van der Waals surface area contributed by atoms with E-state index in [2.05, 4.69) is 35.7 Å². The quantitative estimate of drug-likeness (QED) is 0.238. The van der Waals surface area contributed by atoms with E-state index in [4.69, 9.17) is 23.2 Å². The molecule has 10 nitrogen and oxygen atoms in total. The van der Waals surface area contributed by atoms with Crippen molar-refractivity contribution in [3.05, 3.63) is 63.4 Å². The summed E-state index contributed by atoms with van der Waals surface area (Å²) in [6.45, 7) is 1.50. The second kappa shape index (κ2) is 11.6. The summed E-state index contributed by atoms with van der Waals surface area (Å²) in [5, 5.41) is 6.02. The fourth-order valence-electron chi connectivity index (χ4n) is 3.08. The Kier molecular flexibility index (Phi) is 8.94. The van der Waals surface area contributed by atoms with Crippen LogP contribution in [0.3, 0.4) is 0 Å². The molecule has 2 heterocycles. The van der Waals surface area contributed by atoms with Gasteiger partial charge in [0.15, 0.2) is 5.82 Å². The van der Waals surface area contributed by atoms with Gasteiger partial charge in [0.05, 0.1) is 16.3 Å². The summed E-state index contributed by atoms with van der Waals surface area (Å²) in [5.41, 5.74) is 4.28. The molecule has 3 rings (SSSR count). The summed E-state index contributed by atoms with van der Waals surface area (Å²) >= 11 is 12.1. The highest BCUT2D eigenvalue weighted by Gasteiger charge is 2.51. The first-order valence-electron chi connectivity index (χ1n) is 10.4. The molecule has 3 N–H and O–H groups in total. The fourth-order valence-corrected chi connectivity index (χ4v) is 3.56. The Hall–Kier alpha value is -3.60. The van der Waals surface area contributed by atoms with Crippen LogP contribution in [0, 0.1) is 6.92 Å². The number of ether oxygens (including phenoxy) is 2. The maximum absolute atomic E-state index is 14.0. The van der Waals surface area contributed by atoms with Crippen molar-refractivity contribution in [2.75, 3.05) is 12.4 Å². The molecular formula is C21H16Cl2F6N6O4. The number of hydrazine groups is 1. The van der Waals surface area contributed by atoms with E-state index >= 15 is 0 Å². The lowest BCUT2D eigenvalue weighted by Crippen LogP contribution is -2.41. The van der Waals surface area contributed by atoms with Gasteiger partial charge in [0.25, 0.3) is 11.8 Å². The second-order valence-electron chi connectivity index (χ2n) is 7.44. The monoisotopic (exact) mass is 600 g/mol. The number of pyridine rings is 1. The normalized spacial score (nSPS) is 12.7. The lowest BCUT2D eigenvalue weighted by Gasteiger charge is -2.20. The number of amides is 2. The van der Waals surface area contributed by atoms with Gasteiger partial charge < -0.3 is 10.1 Å². The first-order valence-corrected chi connectivity index (χ1v) is 11.1. The summed E-state index contributed by atoms with van der Waals surface area (Å²) in [5.74, 6) is -3.27. The highest BCUT2D eigenvalue weighted by Crippen LogP contribution is 2.33. The summed E-state index contributed by atoms with van der Waals surface area (Å²) in [6, 6.07) is 5.92. The summed E-state index contributed by atoms with van der Waals surface area (Å²) < 4.78 is 85.6. The van der Waals surface area contributed by atoms with Gasteiger partial charge in [-0.3, -0.25) is 15.0 Å². The zero-order chi connectivity index (χ0) is 29.1. The van der Waals surface area contributed by atoms with Gasteiger partial charge in [0.1, 0.15) is 5.69 Å². The van der Waals surface area contributed by atoms with Gasteiger partial charge in [-0.1, -0.05) is 23.2 Å². The molecule has 0 spiro atoms. The van der Waals surface area contributed by atoms with Crippen LogP contribution in [0.15, 0.2) is 36.5 Å². The number of alkyl halides is 6. The molecule has 1 aromatic carbocycles. The van der Waals surface area contributed by atoms with E-state index in [1.54, 1.807) is 0 Å². The van der Waals surface area contributed by atoms with Crippen molar-refractivity contribution in [3.8, 4) is 11.7 Å². The molecule has 0 aliphatic rings. The lowest BCUT2D eigenvalue weighted by atomic mass is 10.1. The van der Waals surface area contributed by atoms with Crippen molar-refractivity contribution in [3.63, 3.8) is 0 Å². The Morgan fingerprint density at radius 2 is 1.79 bits per heavy atom. The number of aryl methyl sites for hydroxylation is 1. The molecule has 1 atom stereocenters. The number of nitrogens with zero attached hydrogens (tertiary/aromatic N) is 3. The Labute approximate surface area is 225 Å². The van der Waals surface area contributed by atoms with Crippen LogP contribution in [0.4, 0.5) is 32.0 Å². The number of benzene rings is 1. The number of hydrogen-bond donors (Lipinski definition) is 3. The standard InChI is InChI=1S/C21H16Cl2F6N6O4/c1-9-6-10(22)7-11(17(36)33-30-2)15(9)32-18(37)13-8-14(34-35(13)16-12(23)4-3-5-31-16)38-20(25,26)19(24)39-21(27,28)29/h3-8,19,30H,1-2H3,(H,32,37)(H,33,36). The minimum absolute atomic E-state index is 0.0489. The van der Waals surface area contributed by atoms with Gasteiger partial charge in [-0.25, -0.2) is 24.2 Å². The van der Waals surface area contributed by atoms with E-state index in [9.17, 15) is 35.9 Å². The van der Waals surface area contributed by atoms with E-state index in [0.29, 0.717) is 16.3 Å². The number of hydrogen-bond acceptors (Lipinski definition) is 7. The minimum Gasteiger partial charge on any atom is -0.409 e. The van der Waals surface area contributed by atoms with Gasteiger partial charge in [-0.2, -0.15) is 8.78 Å². The van der Waals surface area contributed by atoms with Crippen molar-refractivity contribution in [2.24, 2.45) is 0 Å². The average Bonchev–Trinajstić information content (AvgIpc) is 3.22. The van der Waals surface area contributed by atoms with E-state index in [0.717, 1.165) is 0 Å². The smallest absolute Gasteiger partial charge is 0.409 e. The van der Waals surface area contributed by atoms with Crippen LogP contribution in [0.2, 0.25) is 10.0 Å². The van der Waals surface area contributed by atoms with Crippen molar-refractivity contribution in [2.45, 2.75) is 25.8 Å². The van der Waals surface area contributed by atoms with Crippen LogP contribution in [-0.2, 0) is 4.74 Å². The molecule has 0 aliphatic heterocycles. The Morgan fingerprint density at radius 3 is 2.41 bits per heavy atom. The number of nitrogens with one attached hydrogen (secondary N) is 3. The van der Waals surface area contributed by atoms with E-state index < -0.39 is 42.2 Å². The molecule has 0 bridgehead atoms. The maximum atomic E-state index is 14.0. The molecule has 3 aromatic rings. The highest BCUT2D eigenvalue weighted by molar-refractivity contribution is 6.32. The third-order valence-electron chi connectivity index (χ3n) is 4.62.